The van der Waals surface area contributed by atoms with E-state index < -0.39 is 0 Å². The van der Waals surface area contributed by atoms with Crippen molar-refractivity contribution in [2.24, 2.45) is 5.92 Å². The predicted molar refractivity (Wildman–Crippen MR) is 88.3 cm³/mol. The Balaban J connectivity index is 1.69. The van der Waals surface area contributed by atoms with Crippen molar-refractivity contribution >= 4 is 11.1 Å². The first-order valence-corrected chi connectivity index (χ1v) is 8.35. The van der Waals surface area contributed by atoms with E-state index in [1.165, 1.54) is 31.2 Å². The summed E-state index contributed by atoms with van der Waals surface area (Å²) in [5.74, 6) is 2.77. The molecule has 1 aliphatic rings. The van der Waals surface area contributed by atoms with E-state index in [9.17, 15) is 0 Å². The minimum Gasteiger partial charge on any atom is -0.493 e. The van der Waals surface area contributed by atoms with Gasteiger partial charge in [0.1, 0.15) is 5.52 Å². The third kappa shape index (κ3) is 3.27. The highest BCUT2D eigenvalue weighted by molar-refractivity contribution is 5.80. The van der Waals surface area contributed by atoms with Gasteiger partial charge in [0.05, 0.1) is 7.11 Å². The van der Waals surface area contributed by atoms with Gasteiger partial charge in [-0.1, -0.05) is 33.1 Å². The summed E-state index contributed by atoms with van der Waals surface area (Å²) in [5, 5.41) is 3.53. The Bertz CT molecular complexity index is 629. The average molecular weight is 302 g/mol. The lowest BCUT2D eigenvalue weighted by molar-refractivity contribution is 0.292. The zero-order chi connectivity index (χ0) is 15.5. The van der Waals surface area contributed by atoms with E-state index in [0.717, 1.165) is 41.7 Å². The van der Waals surface area contributed by atoms with Crippen LogP contribution in [-0.4, -0.2) is 18.6 Å². The fourth-order valence-electron chi connectivity index (χ4n) is 2.90. The molecule has 1 N–H and O–H groups in total. The van der Waals surface area contributed by atoms with Crippen molar-refractivity contribution in [1.82, 2.24) is 10.3 Å². The highest BCUT2D eigenvalue weighted by atomic mass is 16.5. The van der Waals surface area contributed by atoms with E-state index >= 15 is 0 Å². The Kier molecular flexibility index (Phi) is 4.67. The molecule has 1 aromatic carbocycles. The number of nitrogens with zero attached hydrogens (tertiary/aromatic N) is 1. The number of ether oxygens (including phenoxy) is 1. The second-order valence-electron chi connectivity index (χ2n) is 6.62. The number of rotatable bonds is 7. The van der Waals surface area contributed by atoms with Gasteiger partial charge in [0.15, 0.2) is 17.2 Å². The lowest BCUT2D eigenvalue weighted by atomic mass is 9.83. The second-order valence-corrected chi connectivity index (χ2v) is 6.62. The highest BCUT2D eigenvalue weighted by Gasteiger charge is 2.17. The standard InChI is InChI=1S/C18H26N2O2/c1-12(2)18-20-15-9-14(10-16(21-3)17(15)22-18)11-19-8-7-13-5-4-6-13/h9-10,12-13,19H,4-8,11H2,1-3H3. The van der Waals surface area contributed by atoms with Crippen LogP contribution in [0.2, 0.25) is 0 Å². The Morgan fingerprint density at radius 2 is 2.18 bits per heavy atom. The van der Waals surface area contributed by atoms with Gasteiger partial charge in [-0.05, 0) is 36.6 Å². The van der Waals surface area contributed by atoms with Gasteiger partial charge in [0.25, 0.3) is 0 Å². The monoisotopic (exact) mass is 302 g/mol. The molecule has 0 amide bonds. The molecule has 0 unspecified atom stereocenters. The Labute approximate surface area is 132 Å². The lowest BCUT2D eigenvalue weighted by Gasteiger charge is -2.25. The fourth-order valence-corrected chi connectivity index (χ4v) is 2.90. The molecule has 4 nitrogen and oxygen atoms in total. The topological polar surface area (TPSA) is 47.3 Å². The van der Waals surface area contributed by atoms with Crippen LogP contribution in [0, 0.1) is 5.92 Å². The zero-order valence-electron chi connectivity index (χ0n) is 13.8. The van der Waals surface area contributed by atoms with Gasteiger partial charge in [-0.2, -0.15) is 0 Å². The van der Waals surface area contributed by atoms with Gasteiger partial charge < -0.3 is 14.5 Å². The number of benzene rings is 1. The number of nitrogens with one attached hydrogen (secondary N) is 1. The largest absolute Gasteiger partial charge is 0.493 e. The maximum absolute atomic E-state index is 5.83. The van der Waals surface area contributed by atoms with Crippen LogP contribution in [0.25, 0.3) is 11.1 Å². The summed E-state index contributed by atoms with van der Waals surface area (Å²) in [7, 11) is 1.68. The van der Waals surface area contributed by atoms with Gasteiger partial charge in [-0.25, -0.2) is 4.98 Å². The van der Waals surface area contributed by atoms with Crippen molar-refractivity contribution < 1.29 is 9.15 Å². The van der Waals surface area contributed by atoms with E-state index in [2.05, 4.69) is 30.2 Å². The Hall–Kier alpha value is -1.55. The van der Waals surface area contributed by atoms with Gasteiger partial charge in [-0.3, -0.25) is 0 Å². The third-order valence-electron chi connectivity index (χ3n) is 4.53. The molecule has 1 saturated carbocycles. The van der Waals surface area contributed by atoms with Crippen LogP contribution in [0.15, 0.2) is 16.5 Å². The van der Waals surface area contributed by atoms with Crippen LogP contribution in [0.4, 0.5) is 0 Å². The molecule has 0 atom stereocenters. The van der Waals surface area contributed by atoms with Crippen LogP contribution in [0.1, 0.15) is 56.9 Å². The normalized spacial score (nSPS) is 15.5. The average Bonchev–Trinajstić information content (AvgIpc) is 2.88. The van der Waals surface area contributed by atoms with Crippen LogP contribution in [0.3, 0.4) is 0 Å². The van der Waals surface area contributed by atoms with Crippen molar-refractivity contribution in [3.8, 4) is 5.75 Å². The number of hydrogen-bond acceptors (Lipinski definition) is 4. The molecule has 0 aliphatic heterocycles. The number of oxazole rings is 1. The van der Waals surface area contributed by atoms with Gasteiger partial charge >= 0.3 is 0 Å². The summed E-state index contributed by atoms with van der Waals surface area (Å²) < 4.78 is 11.3. The van der Waals surface area contributed by atoms with Crippen molar-refractivity contribution in [2.45, 2.75) is 52.0 Å². The van der Waals surface area contributed by atoms with Gasteiger partial charge in [0.2, 0.25) is 0 Å². The minimum absolute atomic E-state index is 0.279. The molecule has 1 fully saturated rings. The quantitative estimate of drug-likeness (QED) is 0.777. The highest BCUT2D eigenvalue weighted by Crippen LogP contribution is 2.31. The molecule has 0 bridgehead atoms. The number of aromatic nitrogens is 1. The molecule has 0 radical (unpaired) electrons. The van der Waals surface area contributed by atoms with E-state index in [4.69, 9.17) is 9.15 Å². The van der Waals surface area contributed by atoms with Crippen molar-refractivity contribution in [1.29, 1.82) is 0 Å². The molecule has 0 spiro atoms. The molecule has 120 valence electrons. The van der Waals surface area contributed by atoms with E-state index in [-0.39, 0.29) is 5.92 Å². The van der Waals surface area contributed by atoms with Gasteiger partial charge in [-0.15, -0.1) is 0 Å². The van der Waals surface area contributed by atoms with Crippen LogP contribution in [-0.2, 0) is 6.54 Å². The maximum atomic E-state index is 5.83. The predicted octanol–water partition coefficient (Wildman–Crippen LogP) is 4.24. The van der Waals surface area contributed by atoms with Crippen molar-refractivity contribution in [2.75, 3.05) is 13.7 Å². The zero-order valence-corrected chi connectivity index (χ0v) is 13.8. The number of fused-ring (bicyclic) bond motifs is 1. The molecule has 1 heterocycles. The minimum atomic E-state index is 0.279. The molecule has 22 heavy (non-hydrogen) atoms. The van der Waals surface area contributed by atoms with E-state index in [1.807, 2.05) is 6.07 Å². The molecule has 4 heteroatoms. The first-order chi connectivity index (χ1) is 10.7. The summed E-state index contributed by atoms with van der Waals surface area (Å²) in [6, 6.07) is 4.15. The molecular weight excluding hydrogens is 276 g/mol. The first-order valence-electron chi connectivity index (χ1n) is 8.35. The fraction of sp³-hybridized carbons (Fsp3) is 0.611. The molecule has 1 aliphatic carbocycles. The molecule has 1 aromatic heterocycles. The lowest BCUT2D eigenvalue weighted by Crippen LogP contribution is -2.21. The second kappa shape index (κ2) is 6.69. The van der Waals surface area contributed by atoms with E-state index in [0.29, 0.717) is 0 Å². The maximum Gasteiger partial charge on any atom is 0.198 e. The van der Waals surface area contributed by atoms with E-state index in [1.54, 1.807) is 7.11 Å². The number of hydrogen-bond donors (Lipinski definition) is 1. The summed E-state index contributed by atoms with van der Waals surface area (Å²) in [6.45, 7) is 6.10. The Morgan fingerprint density at radius 1 is 1.36 bits per heavy atom. The molecule has 3 rings (SSSR count). The van der Waals surface area contributed by atoms with Crippen LogP contribution >= 0.6 is 0 Å². The number of methoxy groups -OCH3 is 1. The SMILES string of the molecule is COc1cc(CNCCC2CCC2)cc2nc(C(C)C)oc12. The first kappa shape index (κ1) is 15.3. The van der Waals surface area contributed by atoms with Crippen molar-refractivity contribution in [3.05, 3.63) is 23.6 Å². The summed E-state index contributed by atoms with van der Waals surface area (Å²) >= 11 is 0. The molecular formula is C18H26N2O2. The van der Waals surface area contributed by atoms with Gasteiger partial charge in [0, 0.05) is 12.5 Å². The summed E-state index contributed by atoms with van der Waals surface area (Å²) in [4.78, 5) is 4.59. The molecule has 2 aromatic rings. The van der Waals surface area contributed by atoms with Crippen molar-refractivity contribution in [3.63, 3.8) is 0 Å². The third-order valence-corrected chi connectivity index (χ3v) is 4.53. The smallest absolute Gasteiger partial charge is 0.198 e. The summed E-state index contributed by atoms with van der Waals surface area (Å²) in [6.07, 6.45) is 5.54. The molecule has 0 saturated heterocycles. The van der Waals surface area contributed by atoms with Crippen LogP contribution < -0.4 is 10.1 Å². The van der Waals surface area contributed by atoms with Crippen LogP contribution in [0.5, 0.6) is 5.75 Å². The summed E-state index contributed by atoms with van der Waals surface area (Å²) in [5.41, 5.74) is 2.84. The Morgan fingerprint density at radius 3 is 2.82 bits per heavy atom.